The van der Waals surface area contributed by atoms with Crippen LogP contribution in [0, 0.1) is 6.92 Å². The maximum absolute atomic E-state index is 5.69. The van der Waals surface area contributed by atoms with Crippen LogP contribution in [0.4, 0.5) is 0 Å². The van der Waals surface area contributed by atoms with Crippen molar-refractivity contribution in [3.63, 3.8) is 0 Å². The van der Waals surface area contributed by atoms with Gasteiger partial charge in [-0.3, -0.25) is 0 Å². The molecule has 4 nitrogen and oxygen atoms in total. The molecular formula is C14H18BrN3O. The van der Waals surface area contributed by atoms with E-state index in [9.17, 15) is 0 Å². The zero-order chi connectivity index (χ0) is 13.7. The summed E-state index contributed by atoms with van der Waals surface area (Å²) in [5.74, 6) is 0.896. The van der Waals surface area contributed by atoms with Crippen molar-refractivity contribution in [1.82, 2.24) is 15.0 Å². The maximum atomic E-state index is 5.69. The predicted octanol–water partition coefficient (Wildman–Crippen LogP) is 3.51. The van der Waals surface area contributed by atoms with Crippen molar-refractivity contribution in [2.45, 2.75) is 31.6 Å². The lowest BCUT2D eigenvalue weighted by molar-refractivity contribution is 0.289. The van der Waals surface area contributed by atoms with E-state index in [4.69, 9.17) is 4.74 Å². The SMILES string of the molecule is CCC(Br)c1cn(CCOc2cccc(C)c2)nn1. The summed E-state index contributed by atoms with van der Waals surface area (Å²) in [6, 6.07) is 8.04. The summed E-state index contributed by atoms with van der Waals surface area (Å²) in [5, 5.41) is 8.23. The van der Waals surface area contributed by atoms with Crippen LogP contribution in [0.1, 0.15) is 29.4 Å². The highest BCUT2D eigenvalue weighted by molar-refractivity contribution is 9.09. The van der Waals surface area contributed by atoms with E-state index in [1.165, 1.54) is 5.56 Å². The second-order valence-electron chi connectivity index (χ2n) is 4.45. The topological polar surface area (TPSA) is 39.9 Å². The molecule has 102 valence electrons. The van der Waals surface area contributed by atoms with Crippen LogP contribution in [0.2, 0.25) is 0 Å². The minimum absolute atomic E-state index is 0.277. The molecule has 1 aromatic heterocycles. The molecule has 0 spiro atoms. The number of hydrogen-bond acceptors (Lipinski definition) is 3. The predicted molar refractivity (Wildman–Crippen MR) is 78.7 cm³/mol. The van der Waals surface area contributed by atoms with Gasteiger partial charge in [-0.2, -0.15) is 0 Å². The first-order valence-corrected chi connectivity index (χ1v) is 7.34. The summed E-state index contributed by atoms with van der Waals surface area (Å²) < 4.78 is 7.50. The largest absolute Gasteiger partial charge is 0.492 e. The Kier molecular flexibility index (Phi) is 4.96. The zero-order valence-electron chi connectivity index (χ0n) is 11.2. The number of alkyl halides is 1. The molecule has 2 aromatic rings. The van der Waals surface area contributed by atoms with Crippen molar-refractivity contribution in [1.29, 1.82) is 0 Å². The van der Waals surface area contributed by atoms with Gasteiger partial charge in [0.05, 0.1) is 17.1 Å². The van der Waals surface area contributed by atoms with Crippen LogP contribution in [0.3, 0.4) is 0 Å². The van der Waals surface area contributed by atoms with Crippen molar-refractivity contribution in [3.05, 3.63) is 41.7 Å². The van der Waals surface area contributed by atoms with Crippen molar-refractivity contribution >= 4 is 15.9 Å². The van der Waals surface area contributed by atoms with Gasteiger partial charge in [-0.05, 0) is 31.0 Å². The van der Waals surface area contributed by atoms with Gasteiger partial charge in [0.25, 0.3) is 0 Å². The Hall–Kier alpha value is -1.36. The van der Waals surface area contributed by atoms with E-state index in [1.54, 1.807) is 0 Å². The second-order valence-corrected chi connectivity index (χ2v) is 5.55. The lowest BCUT2D eigenvalue weighted by Crippen LogP contribution is -2.08. The van der Waals surface area contributed by atoms with E-state index in [0.717, 1.165) is 17.9 Å². The van der Waals surface area contributed by atoms with Crippen LogP contribution in [-0.4, -0.2) is 21.6 Å². The van der Waals surface area contributed by atoms with E-state index in [1.807, 2.05) is 29.1 Å². The van der Waals surface area contributed by atoms with Gasteiger partial charge in [-0.25, -0.2) is 4.68 Å². The minimum Gasteiger partial charge on any atom is -0.492 e. The summed E-state index contributed by atoms with van der Waals surface area (Å²) in [5.41, 5.74) is 2.17. The number of hydrogen-bond donors (Lipinski definition) is 0. The minimum atomic E-state index is 0.277. The fraction of sp³-hybridized carbons (Fsp3) is 0.429. The molecule has 1 heterocycles. The Labute approximate surface area is 121 Å². The number of aryl methyl sites for hydroxylation is 1. The van der Waals surface area contributed by atoms with Gasteiger partial charge in [-0.15, -0.1) is 5.10 Å². The molecule has 1 unspecified atom stereocenters. The molecule has 0 aliphatic carbocycles. The van der Waals surface area contributed by atoms with Crippen molar-refractivity contribution < 1.29 is 4.74 Å². The first-order valence-electron chi connectivity index (χ1n) is 6.42. The Morgan fingerprint density at radius 1 is 1.42 bits per heavy atom. The molecule has 2 rings (SSSR count). The van der Waals surface area contributed by atoms with Gasteiger partial charge in [0.2, 0.25) is 0 Å². The molecule has 0 N–H and O–H groups in total. The van der Waals surface area contributed by atoms with Crippen LogP contribution in [0.5, 0.6) is 5.75 Å². The third-order valence-corrected chi connectivity index (χ3v) is 3.93. The molecule has 0 saturated carbocycles. The number of aromatic nitrogens is 3. The lowest BCUT2D eigenvalue weighted by atomic mass is 10.2. The average Bonchev–Trinajstić information content (AvgIpc) is 2.87. The molecule has 0 bridgehead atoms. The molecule has 0 amide bonds. The van der Waals surface area contributed by atoms with Crippen LogP contribution in [0.25, 0.3) is 0 Å². The summed E-state index contributed by atoms with van der Waals surface area (Å²) in [6.07, 6.45) is 2.96. The molecule has 1 aromatic carbocycles. The van der Waals surface area contributed by atoms with E-state index in [2.05, 4.69) is 46.2 Å². The Balaban J connectivity index is 1.84. The first-order chi connectivity index (χ1) is 9.19. The van der Waals surface area contributed by atoms with Crippen molar-refractivity contribution in [2.24, 2.45) is 0 Å². The highest BCUT2D eigenvalue weighted by atomic mass is 79.9. The van der Waals surface area contributed by atoms with E-state index in [0.29, 0.717) is 13.2 Å². The second kappa shape index (κ2) is 6.70. The van der Waals surface area contributed by atoms with Crippen LogP contribution < -0.4 is 4.74 Å². The Morgan fingerprint density at radius 3 is 3.00 bits per heavy atom. The first kappa shape index (κ1) is 14.1. The molecule has 5 heteroatoms. The van der Waals surface area contributed by atoms with Crippen LogP contribution in [0.15, 0.2) is 30.5 Å². The van der Waals surface area contributed by atoms with Gasteiger partial charge >= 0.3 is 0 Å². The normalized spacial score (nSPS) is 12.4. The Bertz CT molecular complexity index is 527. The Morgan fingerprint density at radius 2 is 2.26 bits per heavy atom. The van der Waals surface area contributed by atoms with E-state index >= 15 is 0 Å². The molecule has 0 fully saturated rings. The molecular weight excluding hydrogens is 306 g/mol. The number of benzene rings is 1. The van der Waals surface area contributed by atoms with Gasteiger partial charge < -0.3 is 4.74 Å². The fourth-order valence-electron chi connectivity index (χ4n) is 1.74. The third kappa shape index (κ3) is 4.06. The summed E-state index contributed by atoms with van der Waals surface area (Å²) in [6.45, 7) is 5.45. The van der Waals surface area contributed by atoms with Crippen molar-refractivity contribution in [3.8, 4) is 5.75 Å². The zero-order valence-corrected chi connectivity index (χ0v) is 12.8. The molecule has 1 atom stereocenters. The standard InChI is InChI=1S/C14H18BrN3O/c1-3-13(15)14-10-18(17-16-14)7-8-19-12-6-4-5-11(2)9-12/h4-6,9-10,13H,3,7-8H2,1-2H3. The monoisotopic (exact) mass is 323 g/mol. The fourth-order valence-corrected chi connectivity index (χ4v) is 1.95. The summed E-state index contributed by atoms with van der Waals surface area (Å²) >= 11 is 3.56. The van der Waals surface area contributed by atoms with Gasteiger partial charge in [0.1, 0.15) is 12.4 Å². The van der Waals surface area contributed by atoms with E-state index in [-0.39, 0.29) is 4.83 Å². The van der Waals surface area contributed by atoms with E-state index < -0.39 is 0 Å². The highest BCUT2D eigenvalue weighted by Crippen LogP contribution is 2.23. The average molecular weight is 324 g/mol. The van der Waals surface area contributed by atoms with Crippen LogP contribution in [-0.2, 0) is 6.54 Å². The molecule has 0 radical (unpaired) electrons. The highest BCUT2D eigenvalue weighted by Gasteiger charge is 2.09. The smallest absolute Gasteiger partial charge is 0.119 e. The number of rotatable bonds is 6. The van der Waals surface area contributed by atoms with Gasteiger partial charge in [0.15, 0.2) is 0 Å². The summed E-state index contributed by atoms with van der Waals surface area (Å²) in [7, 11) is 0. The van der Waals surface area contributed by atoms with Crippen molar-refractivity contribution in [2.75, 3.05) is 6.61 Å². The lowest BCUT2D eigenvalue weighted by Gasteiger charge is -2.06. The number of nitrogens with zero attached hydrogens (tertiary/aromatic N) is 3. The number of ether oxygens (including phenoxy) is 1. The summed E-state index contributed by atoms with van der Waals surface area (Å²) in [4.78, 5) is 0.277. The molecule has 0 aliphatic rings. The third-order valence-electron chi connectivity index (χ3n) is 2.81. The van der Waals surface area contributed by atoms with Crippen LogP contribution >= 0.6 is 15.9 Å². The quantitative estimate of drug-likeness (QED) is 0.764. The maximum Gasteiger partial charge on any atom is 0.119 e. The number of halogens is 1. The molecule has 19 heavy (non-hydrogen) atoms. The van der Waals surface area contributed by atoms with Gasteiger partial charge in [-0.1, -0.05) is 40.2 Å². The molecule has 0 saturated heterocycles. The van der Waals surface area contributed by atoms with Gasteiger partial charge in [0, 0.05) is 6.20 Å². The molecule has 0 aliphatic heterocycles.